The average molecular weight is 516 g/mol. The molecule has 35 heavy (non-hydrogen) atoms. The van der Waals surface area contributed by atoms with E-state index in [4.69, 9.17) is 23.2 Å². The number of benzene rings is 2. The summed E-state index contributed by atoms with van der Waals surface area (Å²) in [6.07, 6.45) is 2.30. The van der Waals surface area contributed by atoms with Gasteiger partial charge in [0.1, 0.15) is 0 Å². The minimum atomic E-state index is -0.507. The van der Waals surface area contributed by atoms with Crippen LogP contribution in [0, 0.1) is 11.3 Å². The van der Waals surface area contributed by atoms with E-state index in [0.717, 1.165) is 36.0 Å². The third-order valence-corrected chi connectivity index (χ3v) is 9.14. The van der Waals surface area contributed by atoms with Crippen molar-refractivity contribution >= 4 is 35.1 Å². The molecule has 0 unspecified atom stereocenters. The van der Waals surface area contributed by atoms with Crippen LogP contribution in [-0.2, 0) is 4.79 Å². The first-order chi connectivity index (χ1) is 16.9. The van der Waals surface area contributed by atoms with Crippen LogP contribution < -0.4 is 16.0 Å². The standard InChI is InChI=1S/C27H31Cl2N3O3/c1-2-27-10-9-20(19-8-5-16(11-21(19)29)17-12-30-26(35)31-13-17)23(15-3-6-18(28)7-4-15)24(27)22(14-33)32-25(27)34/h3-8,11,17,20,22-24,33H,2,9-10,12-14H2,1H3,(H,32,34)(H2,30,31,35)/t20-,22+,23-,24-,27+/m0/s1. The van der Waals surface area contributed by atoms with Crippen LogP contribution in [0.25, 0.3) is 0 Å². The fourth-order valence-electron chi connectivity index (χ4n) is 6.76. The number of urea groups is 1. The van der Waals surface area contributed by atoms with Crippen LogP contribution in [0.15, 0.2) is 42.5 Å². The van der Waals surface area contributed by atoms with Gasteiger partial charge in [-0.05, 0) is 66.0 Å². The van der Waals surface area contributed by atoms with Crippen molar-refractivity contribution in [2.24, 2.45) is 11.3 Å². The fraction of sp³-hybridized carbons (Fsp3) is 0.481. The zero-order chi connectivity index (χ0) is 24.7. The van der Waals surface area contributed by atoms with Crippen molar-refractivity contribution in [1.82, 2.24) is 16.0 Å². The SMILES string of the molecule is CC[C@@]12CC[C@@H](c3ccc(C4CNC(=O)NC4)cc3Cl)[C@H](c3ccc(Cl)cc3)[C@@H]1[C@@H](CO)NC2=O. The maximum atomic E-state index is 13.2. The Morgan fingerprint density at radius 1 is 1.03 bits per heavy atom. The van der Waals surface area contributed by atoms with Crippen LogP contribution in [-0.4, -0.2) is 42.8 Å². The van der Waals surface area contributed by atoms with Crippen molar-refractivity contribution in [3.05, 3.63) is 69.2 Å². The van der Waals surface area contributed by atoms with E-state index >= 15 is 0 Å². The van der Waals surface area contributed by atoms with Gasteiger partial charge in [0.15, 0.2) is 0 Å². The molecule has 8 heteroatoms. The van der Waals surface area contributed by atoms with Gasteiger partial charge in [-0.15, -0.1) is 0 Å². The third kappa shape index (κ3) is 4.20. The van der Waals surface area contributed by atoms with Gasteiger partial charge in [0.05, 0.1) is 18.1 Å². The molecule has 2 saturated heterocycles. The van der Waals surface area contributed by atoms with Crippen molar-refractivity contribution in [2.45, 2.75) is 50.0 Å². The molecular formula is C27H31Cl2N3O3. The highest BCUT2D eigenvalue weighted by molar-refractivity contribution is 6.31. The normalized spacial score (nSPS) is 30.9. The monoisotopic (exact) mass is 515 g/mol. The number of aliphatic hydroxyl groups is 1. The number of fused-ring (bicyclic) bond motifs is 1. The Labute approximate surface area is 215 Å². The smallest absolute Gasteiger partial charge is 0.314 e. The molecule has 2 aromatic carbocycles. The molecule has 3 fully saturated rings. The van der Waals surface area contributed by atoms with E-state index in [-0.39, 0.29) is 48.3 Å². The zero-order valence-electron chi connectivity index (χ0n) is 19.7. The Bertz CT molecular complexity index is 1120. The predicted octanol–water partition coefficient (Wildman–Crippen LogP) is 4.55. The molecule has 6 nitrogen and oxygen atoms in total. The van der Waals surface area contributed by atoms with E-state index < -0.39 is 5.41 Å². The number of nitrogens with one attached hydrogen (secondary N) is 3. The molecule has 0 spiro atoms. The highest BCUT2D eigenvalue weighted by Crippen LogP contribution is 2.60. The second-order valence-electron chi connectivity index (χ2n) is 10.1. The second-order valence-corrected chi connectivity index (χ2v) is 10.9. The van der Waals surface area contributed by atoms with Gasteiger partial charge < -0.3 is 21.1 Å². The molecule has 2 aromatic rings. The first-order valence-electron chi connectivity index (χ1n) is 12.4. The summed E-state index contributed by atoms with van der Waals surface area (Å²) in [5.74, 6) is 0.235. The minimum absolute atomic E-state index is 0.00366. The predicted molar refractivity (Wildman–Crippen MR) is 137 cm³/mol. The van der Waals surface area contributed by atoms with Gasteiger partial charge in [-0.1, -0.05) is 54.4 Å². The summed E-state index contributed by atoms with van der Waals surface area (Å²) in [6.45, 7) is 3.13. The van der Waals surface area contributed by atoms with Crippen molar-refractivity contribution in [1.29, 1.82) is 0 Å². The van der Waals surface area contributed by atoms with Crippen LogP contribution in [0.3, 0.4) is 0 Å². The number of amides is 3. The van der Waals surface area contributed by atoms with Gasteiger partial charge in [0.2, 0.25) is 5.91 Å². The van der Waals surface area contributed by atoms with Gasteiger partial charge >= 0.3 is 6.03 Å². The van der Waals surface area contributed by atoms with E-state index in [9.17, 15) is 14.7 Å². The summed E-state index contributed by atoms with van der Waals surface area (Å²) in [4.78, 5) is 24.7. The van der Waals surface area contributed by atoms with E-state index in [2.05, 4.69) is 35.0 Å². The summed E-state index contributed by atoms with van der Waals surface area (Å²) in [6, 6.07) is 13.7. The van der Waals surface area contributed by atoms with E-state index in [1.54, 1.807) is 0 Å². The molecule has 1 saturated carbocycles. The number of hydrogen-bond acceptors (Lipinski definition) is 3. The van der Waals surface area contributed by atoms with Crippen LogP contribution in [0.5, 0.6) is 0 Å². The Kier molecular flexibility index (Phi) is 6.73. The summed E-state index contributed by atoms with van der Waals surface area (Å²) in [5, 5.41) is 20.4. The van der Waals surface area contributed by atoms with E-state index in [0.29, 0.717) is 23.1 Å². The summed E-state index contributed by atoms with van der Waals surface area (Å²) in [7, 11) is 0. The number of carbonyl (C=O) groups excluding carboxylic acids is 2. The van der Waals surface area contributed by atoms with Crippen LogP contribution in [0.1, 0.15) is 60.6 Å². The van der Waals surface area contributed by atoms with Crippen LogP contribution in [0.4, 0.5) is 4.79 Å². The fourth-order valence-corrected chi connectivity index (χ4v) is 7.22. The molecule has 2 heterocycles. The molecule has 4 N–H and O–H groups in total. The number of rotatable bonds is 5. The summed E-state index contributed by atoms with van der Waals surface area (Å²) < 4.78 is 0. The number of halogens is 2. The second kappa shape index (κ2) is 9.64. The van der Waals surface area contributed by atoms with Crippen LogP contribution >= 0.6 is 23.2 Å². The maximum absolute atomic E-state index is 13.2. The molecular weight excluding hydrogens is 485 g/mol. The van der Waals surface area contributed by atoms with Crippen LogP contribution in [0.2, 0.25) is 10.0 Å². The lowest BCUT2D eigenvalue weighted by Gasteiger charge is -2.48. The lowest BCUT2D eigenvalue weighted by atomic mass is 9.54. The first kappa shape index (κ1) is 24.4. The molecule has 5 rings (SSSR count). The number of carbonyl (C=O) groups is 2. The molecule has 5 atom stereocenters. The summed E-state index contributed by atoms with van der Waals surface area (Å²) in [5.41, 5.74) is 2.74. The lowest BCUT2D eigenvalue weighted by Crippen LogP contribution is -2.47. The Morgan fingerprint density at radius 2 is 1.71 bits per heavy atom. The highest BCUT2D eigenvalue weighted by atomic mass is 35.5. The molecule has 0 radical (unpaired) electrons. The molecule has 3 amide bonds. The molecule has 2 aliphatic heterocycles. The third-order valence-electron chi connectivity index (χ3n) is 8.56. The highest BCUT2D eigenvalue weighted by Gasteiger charge is 2.60. The Morgan fingerprint density at radius 3 is 2.34 bits per heavy atom. The van der Waals surface area contributed by atoms with E-state index in [1.807, 2.05) is 30.3 Å². The molecule has 0 aromatic heterocycles. The average Bonchev–Trinajstić information content (AvgIpc) is 3.16. The maximum Gasteiger partial charge on any atom is 0.314 e. The van der Waals surface area contributed by atoms with Gasteiger partial charge in [-0.25, -0.2) is 4.79 Å². The van der Waals surface area contributed by atoms with Crippen molar-refractivity contribution in [3.63, 3.8) is 0 Å². The molecule has 3 aliphatic rings. The van der Waals surface area contributed by atoms with Gasteiger partial charge in [-0.2, -0.15) is 0 Å². The minimum Gasteiger partial charge on any atom is -0.394 e. The Hall–Kier alpha value is -2.28. The quantitative estimate of drug-likeness (QED) is 0.470. The molecule has 186 valence electrons. The van der Waals surface area contributed by atoms with Crippen molar-refractivity contribution in [3.8, 4) is 0 Å². The van der Waals surface area contributed by atoms with Gasteiger partial charge in [0, 0.05) is 35.0 Å². The topological polar surface area (TPSA) is 90.5 Å². The number of aliphatic hydroxyl groups excluding tert-OH is 1. The molecule has 1 aliphatic carbocycles. The zero-order valence-corrected chi connectivity index (χ0v) is 21.2. The van der Waals surface area contributed by atoms with Crippen molar-refractivity contribution in [2.75, 3.05) is 19.7 Å². The van der Waals surface area contributed by atoms with E-state index in [1.165, 1.54) is 0 Å². The number of hydrogen-bond donors (Lipinski definition) is 4. The lowest BCUT2D eigenvalue weighted by molar-refractivity contribution is -0.131. The largest absolute Gasteiger partial charge is 0.394 e. The van der Waals surface area contributed by atoms with Gasteiger partial charge in [-0.3, -0.25) is 4.79 Å². The Balaban J connectivity index is 1.55. The van der Waals surface area contributed by atoms with Crippen molar-refractivity contribution < 1.29 is 14.7 Å². The molecule has 0 bridgehead atoms. The first-order valence-corrected chi connectivity index (χ1v) is 13.1. The summed E-state index contributed by atoms with van der Waals surface area (Å²) >= 11 is 13.2. The van der Waals surface area contributed by atoms with Gasteiger partial charge in [0.25, 0.3) is 0 Å².